The molecule has 0 aliphatic heterocycles. The fraction of sp³-hybridized carbons (Fsp3) is 0. The second kappa shape index (κ2) is 5.24. The first-order chi connectivity index (χ1) is 8.97. The van der Waals surface area contributed by atoms with Crippen LogP contribution in [-0.4, -0.2) is 11.1 Å². The van der Waals surface area contributed by atoms with E-state index in [1.165, 1.54) is 18.2 Å². The molecule has 98 valence electrons. The van der Waals surface area contributed by atoms with Gasteiger partial charge in [-0.3, -0.25) is 0 Å². The van der Waals surface area contributed by atoms with Crippen molar-refractivity contribution < 1.29 is 23.4 Å². The van der Waals surface area contributed by atoms with E-state index in [-0.39, 0.29) is 22.1 Å². The van der Waals surface area contributed by atoms with Crippen LogP contribution >= 0.6 is 11.6 Å². The van der Waals surface area contributed by atoms with Gasteiger partial charge in [0.25, 0.3) is 0 Å². The van der Waals surface area contributed by atoms with Gasteiger partial charge in [0.1, 0.15) is 23.1 Å². The molecule has 0 radical (unpaired) electrons. The van der Waals surface area contributed by atoms with Crippen molar-refractivity contribution in [3.8, 4) is 11.5 Å². The van der Waals surface area contributed by atoms with Gasteiger partial charge in [-0.1, -0.05) is 17.7 Å². The van der Waals surface area contributed by atoms with Crippen LogP contribution in [0.4, 0.5) is 8.78 Å². The molecule has 3 nitrogen and oxygen atoms in total. The number of rotatable bonds is 3. The number of ether oxygens (including phenoxy) is 1. The number of carbonyl (C=O) groups is 1. The first kappa shape index (κ1) is 13.3. The molecule has 0 spiro atoms. The summed E-state index contributed by atoms with van der Waals surface area (Å²) in [7, 11) is 0. The van der Waals surface area contributed by atoms with Gasteiger partial charge in [0.2, 0.25) is 0 Å². The van der Waals surface area contributed by atoms with Crippen LogP contribution in [-0.2, 0) is 0 Å². The van der Waals surface area contributed by atoms with Crippen LogP contribution in [0.1, 0.15) is 10.4 Å². The lowest BCUT2D eigenvalue weighted by Gasteiger charge is -2.09. The van der Waals surface area contributed by atoms with Crippen LogP contribution in [0.25, 0.3) is 0 Å². The second-order valence-electron chi connectivity index (χ2n) is 3.63. The zero-order chi connectivity index (χ0) is 14.0. The fourth-order valence-corrected chi connectivity index (χ4v) is 1.71. The standard InChI is InChI=1S/C13H7ClF2O3/c14-12-10(13(17)18)2-1-3-11(12)19-9-5-7(15)4-8(16)6-9/h1-6H,(H,17,18). The van der Waals surface area contributed by atoms with Crippen LogP contribution in [0.15, 0.2) is 36.4 Å². The van der Waals surface area contributed by atoms with Gasteiger partial charge in [0, 0.05) is 18.2 Å². The molecule has 0 aromatic heterocycles. The van der Waals surface area contributed by atoms with E-state index in [2.05, 4.69) is 0 Å². The van der Waals surface area contributed by atoms with Crippen molar-refractivity contribution in [1.82, 2.24) is 0 Å². The Labute approximate surface area is 112 Å². The topological polar surface area (TPSA) is 46.5 Å². The van der Waals surface area contributed by atoms with Crippen LogP contribution < -0.4 is 4.74 Å². The number of carboxylic acids is 1. The third-order valence-corrected chi connectivity index (χ3v) is 2.65. The summed E-state index contributed by atoms with van der Waals surface area (Å²) in [5.74, 6) is -2.93. The highest BCUT2D eigenvalue weighted by Gasteiger charge is 2.14. The first-order valence-corrected chi connectivity index (χ1v) is 5.51. The molecule has 19 heavy (non-hydrogen) atoms. The van der Waals surface area contributed by atoms with E-state index in [1.54, 1.807) is 0 Å². The monoisotopic (exact) mass is 284 g/mol. The van der Waals surface area contributed by atoms with Crippen molar-refractivity contribution in [3.63, 3.8) is 0 Å². The lowest BCUT2D eigenvalue weighted by atomic mass is 10.2. The molecule has 0 saturated heterocycles. The summed E-state index contributed by atoms with van der Waals surface area (Å²) in [5, 5.41) is 8.75. The Bertz CT molecular complexity index is 624. The zero-order valence-electron chi connectivity index (χ0n) is 9.36. The van der Waals surface area contributed by atoms with Crippen molar-refractivity contribution in [2.45, 2.75) is 0 Å². The molecule has 0 aliphatic carbocycles. The molecule has 0 saturated carbocycles. The molecule has 0 unspecified atom stereocenters. The molecular formula is C13H7ClF2O3. The largest absolute Gasteiger partial charge is 0.478 e. The summed E-state index contributed by atoms with van der Waals surface area (Å²) in [6.45, 7) is 0. The minimum Gasteiger partial charge on any atom is -0.478 e. The third kappa shape index (κ3) is 3.00. The Morgan fingerprint density at radius 1 is 1.16 bits per heavy atom. The van der Waals surface area contributed by atoms with E-state index < -0.39 is 17.6 Å². The zero-order valence-corrected chi connectivity index (χ0v) is 10.1. The number of halogens is 3. The smallest absolute Gasteiger partial charge is 0.337 e. The molecule has 6 heteroatoms. The maximum Gasteiger partial charge on any atom is 0.337 e. The molecule has 2 aromatic rings. The molecule has 0 heterocycles. The van der Waals surface area contributed by atoms with Crippen LogP contribution in [0.3, 0.4) is 0 Å². The lowest BCUT2D eigenvalue weighted by molar-refractivity contribution is 0.0696. The minimum absolute atomic E-state index is 0.00608. The van der Waals surface area contributed by atoms with Gasteiger partial charge in [0.05, 0.1) is 10.6 Å². The number of hydrogen-bond acceptors (Lipinski definition) is 2. The van der Waals surface area contributed by atoms with E-state index >= 15 is 0 Å². The average Bonchev–Trinajstić information content (AvgIpc) is 2.30. The van der Waals surface area contributed by atoms with Crippen molar-refractivity contribution in [2.75, 3.05) is 0 Å². The summed E-state index contributed by atoms with van der Waals surface area (Å²) in [6.07, 6.45) is 0. The van der Waals surface area contributed by atoms with Gasteiger partial charge in [-0.15, -0.1) is 0 Å². The van der Waals surface area contributed by atoms with Gasteiger partial charge >= 0.3 is 5.97 Å². The predicted molar refractivity (Wildman–Crippen MR) is 64.8 cm³/mol. The highest BCUT2D eigenvalue weighted by Crippen LogP contribution is 2.32. The van der Waals surface area contributed by atoms with Gasteiger partial charge in [0.15, 0.2) is 0 Å². The van der Waals surface area contributed by atoms with Gasteiger partial charge in [-0.2, -0.15) is 0 Å². The number of hydrogen-bond donors (Lipinski definition) is 1. The number of aromatic carboxylic acids is 1. The lowest BCUT2D eigenvalue weighted by Crippen LogP contribution is -1.98. The Kier molecular flexibility index (Phi) is 3.66. The molecule has 2 rings (SSSR count). The van der Waals surface area contributed by atoms with Crippen LogP contribution in [0, 0.1) is 11.6 Å². The quantitative estimate of drug-likeness (QED) is 0.922. The molecule has 0 amide bonds. The molecule has 0 aliphatic rings. The SMILES string of the molecule is O=C(O)c1cccc(Oc2cc(F)cc(F)c2)c1Cl. The van der Waals surface area contributed by atoms with E-state index in [1.807, 2.05) is 0 Å². The predicted octanol–water partition coefficient (Wildman–Crippen LogP) is 4.11. The summed E-state index contributed by atoms with van der Waals surface area (Å²) in [5.41, 5.74) is -0.156. The Morgan fingerprint density at radius 3 is 2.37 bits per heavy atom. The summed E-state index contributed by atoms with van der Waals surface area (Å²) < 4.78 is 31.2. The van der Waals surface area contributed by atoms with Crippen LogP contribution in [0.5, 0.6) is 11.5 Å². The molecule has 0 fully saturated rings. The van der Waals surface area contributed by atoms with E-state index in [0.717, 1.165) is 12.1 Å². The summed E-state index contributed by atoms with van der Waals surface area (Å²) >= 11 is 5.84. The Morgan fingerprint density at radius 2 is 1.79 bits per heavy atom. The maximum atomic E-state index is 13.0. The maximum absolute atomic E-state index is 13.0. The first-order valence-electron chi connectivity index (χ1n) is 5.13. The average molecular weight is 285 g/mol. The Balaban J connectivity index is 2.38. The second-order valence-corrected chi connectivity index (χ2v) is 4.01. The fourth-order valence-electron chi connectivity index (χ4n) is 1.47. The molecule has 2 aromatic carbocycles. The van der Waals surface area contributed by atoms with E-state index in [9.17, 15) is 13.6 Å². The highest BCUT2D eigenvalue weighted by molar-refractivity contribution is 6.35. The number of carboxylic acid groups (broad SMARTS) is 1. The van der Waals surface area contributed by atoms with Crippen molar-refractivity contribution in [1.29, 1.82) is 0 Å². The Hall–Kier alpha value is -2.14. The van der Waals surface area contributed by atoms with Gasteiger partial charge < -0.3 is 9.84 Å². The molecule has 0 atom stereocenters. The normalized spacial score (nSPS) is 10.3. The van der Waals surface area contributed by atoms with Gasteiger partial charge in [-0.05, 0) is 12.1 Å². The third-order valence-electron chi connectivity index (χ3n) is 2.26. The van der Waals surface area contributed by atoms with E-state index in [0.29, 0.717) is 6.07 Å². The molecular weight excluding hydrogens is 278 g/mol. The van der Waals surface area contributed by atoms with Crippen molar-refractivity contribution in [2.24, 2.45) is 0 Å². The van der Waals surface area contributed by atoms with Crippen LogP contribution in [0.2, 0.25) is 5.02 Å². The minimum atomic E-state index is -1.22. The number of benzene rings is 2. The summed E-state index contributed by atoms with van der Waals surface area (Å²) in [6, 6.07) is 6.74. The van der Waals surface area contributed by atoms with Crippen molar-refractivity contribution >= 4 is 17.6 Å². The van der Waals surface area contributed by atoms with Gasteiger partial charge in [-0.25, -0.2) is 13.6 Å². The molecule has 1 N–H and O–H groups in total. The van der Waals surface area contributed by atoms with E-state index in [4.69, 9.17) is 21.4 Å². The highest BCUT2D eigenvalue weighted by atomic mass is 35.5. The summed E-state index contributed by atoms with van der Waals surface area (Å²) in [4.78, 5) is 10.9. The van der Waals surface area contributed by atoms with Crippen molar-refractivity contribution in [3.05, 3.63) is 58.6 Å². The molecule has 0 bridgehead atoms.